The van der Waals surface area contributed by atoms with Gasteiger partial charge in [-0.2, -0.15) is 0 Å². The minimum atomic E-state index is -0.952. The predicted octanol–water partition coefficient (Wildman–Crippen LogP) is 3.01. The van der Waals surface area contributed by atoms with Gasteiger partial charge in [0.15, 0.2) is 17.6 Å². The molecular formula is C20H21NO6S. The van der Waals surface area contributed by atoms with Crippen LogP contribution >= 0.6 is 11.8 Å². The summed E-state index contributed by atoms with van der Waals surface area (Å²) in [5, 5.41) is 2.75. The lowest BCUT2D eigenvalue weighted by molar-refractivity contribution is -0.129. The van der Waals surface area contributed by atoms with Gasteiger partial charge in [0.2, 0.25) is 6.79 Å². The highest BCUT2D eigenvalue weighted by Gasteiger charge is 2.22. The summed E-state index contributed by atoms with van der Waals surface area (Å²) in [6.07, 6.45) is 0.978. The van der Waals surface area contributed by atoms with Gasteiger partial charge in [0.25, 0.3) is 5.91 Å². The molecule has 0 radical (unpaired) electrons. The molecule has 1 amide bonds. The number of carbonyl (C=O) groups is 2. The van der Waals surface area contributed by atoms with Crippen LogP contribution in [0.5, 0.6) is 17.2 Å². The third-order valence-corrected chi connectivity index (χ3v) is 4.91. The van der Waals surface area contributed by atoms with Crippen molar-refractivity contribution in [3.63, 3.8) is 0 Å². The van der Waals surface area contributed by atoms with Crippen LogP contribution in [0.2, 0.25) is 0 Å². The third kappa shape index (κ3) is 4.51. The molecule has 0 spiro atoms. The molecule has 28 heavy (non-hydrogen) atoms. The van der Waals surface area contributed by atoms with E-state index in [-0.39, 0.29) is 18.9 Å². The molecule has 2 aromatic rings. The summed E-state index contributed by atoms with van der Waals surface area (Å²) in [4.78, 5) is 25.7. The number of nitrogens with one attached hydrogen (secondary N) is 1. The fraction of sp³-hybridized carbons (Fsp3) is 0.300. The maximum Gasteiger partial charge on any atom is 0.342 e. The molecule has 3 rings (SSSR count). The molecule has 0 fully saturated rings. The second-order valence-electron chi connectivity index (χ2n) is 6.02. The van der Waals surface area contributed by atoms with E-state index in [4.69, 9.17) is 18.9 Å². The van der Waals surface area contributed by atoms with Crippen LogP contribution in [-0.4, -0.2) is 38.1 Å². The molecule has 2 aromatic carbocycles. The largest absolute Gasteiger partial charge is 0.496 e. The number of rotatable bonds is 7. The van der Waals surface area contributed by atoms with Gasteiger partial charge in [-0.05, 0) is 49.1 Å². The topological polar surface area (TPSA) is 83.1 Å². The zero-order valence-corrected chi connectivity index (χ0v) is 16.6. The summed E-state index contributed by atoms with van der Waals surface area (Å²) in [7, 11) is 1.48. The van der Waals surface area contributed by atoms with Gasteiger partial charge in [-0.15, -0.1) is 11.8 Å². The Morgan fingerprint density at radius 2 is 1.96 bits per heavy atom. The van der Waals surface area contributed by atoms with Crippen LogP contribution < -0.4 is 19.5 Å². The lowest BCUT2D eigenvalue weighted by Gasteiger charge is -2.15. The van der Waals surface area contributed by atoms with Crippen molar-refractivity contribution in [2.24, 2.45) is 0 Å². The van der Waals surface area contributed by atoms with Gasteiger partial charge in [0, 0.05) is 11.4 Å². The van der Waals surface area contributed by atoms with E-state index in [1.165, 1.54) is 25.8 Å². The van der Waals surface area contributed by atoms with E-state index >= 15 is 0 Å². The van der Waals surface area contributed by atoms with E-state index in [1.54, 1.807) is 30.3 Å². The molecule has 0 saturated heterocycles. The Balaban J connectivity index is 1.57. The number of ether oxygens (including phenoxy) is 4. The molecule has 0 bridgehead atoms. The van der Waals surface area contributed by atoms with E-state index in [2.05, 4.69) is 5.32 Å². The first-order valence-electron chi connectivity index (χ1n) is 8.61. The van der Waals surface area contributed by atoms with Gasteiger partial charge in [-0.1, -0.05) is 6.07 Å². The monoisotopic (exact) mass is 403 g/mol. The summed E-state index contributed by atoms with van der Waals surface area (Å²) < 4.78 is 21.1. The minimum absolute atomic E-state index is 0.194. The summed E-state index contributed by atoms with van der Waals surface area (Å²) >= 11 is 1.54. The summed E-state index contributed by atoms with van der Waals surface area (Å²) in [5.74, 6) is 0.719. The number of thioether (sulfide) groups is 1. The molecule has 7 nitrogen and oxygen atoms in total. The number of hydrogen-bond donors (Lipinski definition) is 1. The number of methoxy groups -OCH3 is 1. The normalized spacial score (nSPS) is 13.0. The van der Waals surface area contributed by atoms with Crippen molar-refractivity contribution in [2.75, 3.05) is 20.2 Å². The van der Waals surface area contributed by atoms with E-state index in [9.17, 15) is 9.59 Å². The zero-order chi connectivity index (χ0) is 20.1. The van der Waals surface area contributed by atoms with Gasteiger partial charge in [-0.3, -0.25) is 4.79 Å². The van der Waals surface area contributed by atoms with Crippen molar-refractivity contribution in [1.82, 2.24) is 5.32 Å². The molecule has 0 aromatic heterocycles. The molecule has 1 aliphatic heterocycles. The highest BCUT2D eigenvalue weighted by atomic mass is 32.2. The second kappa shape index (κ2) is 8.88. The van der Waals surface area contributed by atoms with Crippen LogP contribution in [0.3, 0.4) is 0 Å². The van der Waals surface area contributed by atoms with Crippen molar-refractivity contribution in [1.29, 1.82) is 0 Å². The molecule has 1 aliphatic rings. The first-order chi connectivity index (χ1) is 13.5. The molecule has 1 atom stereocenters. The average molecular weight is 403 g/mol. The van der Waals surface area contributed by atoms with Gasteiger partial charge < -0.3 is 24.3 Å². The van der Waals surface area contributed by atoms with Crippen molar-refractivity contribution < 1.29 is 28.5 Å². The summed E-state index contributed by atoms with van der Waals surface area (Å²) in [5.41, 5.74) is 1.13. The Hall–Kier alpha value is -2.87. The third-order valence-electron chi connectivity index (χ3n) is 4.19. The van der Waals surface area contributed by atoms with E-state index in [0.29, 0.717) is 17.2 Å². The van der Waals surface area contributed by atoms with Crippen molar-refractivity contribution >= 4 is 23.6 Å². The molecule has 148 valence electrons. The molecule has 8 heteroatoms. The molecular weight excluding hydrogens is 382 g/mol. The Kier molecular flexibility index (Phi) is 6.30. The number of benzene rings is 2. The lowest BCUT2D eigenvalue weighted by atomic mass is 10.2. The van der Waals surface area contributed by atoms with Crippen molar-refractivity contribution in [2.45, 2.75) is 24.5 Å². The highest BCUT2D eigenvalue weighted by molar-refractivity contribution is 7.98. The number of fused-ring (bicyclic) bond motifs is 1. The van der Waals surface area contributed by atoms with Crippen LogP contribution in [0, 0.1) is 0 Å². The second-order valence-corrected chi connectivity index (χ2v) is 6.90. The van der Waals surface area contributed by atoms with Crippen molar-refractivity contribution in [3.05, 3.63) is 47.5 Å². The summed E-state index contributed by atoms with van der Waals surface area (Å²) in [6.45, 7) is 2.00. The molecule has 1 N–H and O–H groups in total. The highest BCUT2D eigenvalue weighted by Crippen LogP contribution is 2.32. The van der Waals surface area contributed by atoms with E-state index in [0.717, 1.165) is 10.5 Å². The van der Waals surface area contributed by atoms with Gasteiger partial charge in [-0.25, -0.2) is 4.79 Å². The number of amides is 1. The van der Waals surface area contributed by atoms with Gasteiger partial charge >= 0.3 is 5.97 Å². The Labute approximate surface area is 167 Å². The smallest absolute Gasteiger partial charge is 0.342 e. The van der Waals surface area contributed by atoms with Crippen LogP contribution in [0.15, 0.2) is 41.3 Å². The SMILES string of the molecule is COc1cc(SC)ccc1C(=O)O[C@H](C)C(=O)NCc1ccc2c(c1)OCO2. The Morgan fingerprint density at radius 1 is 1.18 bits per heavy atom. The predicted molar refractivity (Wildman–Crippen MR) is 104 cm³/mol. The fourth-order valence-electron chi connectivity index (χ4n) is 2.63. The minimum Gasteiger partial charge on any atom is -0.496 e. The van der Waals surface area contributed by atoms with Crippen LogP contribution in [0.4, 0.5) is 0 Å². The maximum absolute atomic E-state index is 12.4. The summed E-state index contributed by atoms with van der Waals surface area (Å²) in [6, 6.07) is 10.6. The van der Waals surface area contributed by atoms with E-state index < -0.39 is 18.0 Å². The molecule has 1 heterocycles. The first-order valence-corrected chi connectivity index (χ1v) is 9.83. The average Bonchev–Trinajstić information content (AvgIpc) is 3.19. The van der Waals surface area contributed by atoms with Crippen LogP contribution in [0.25, 0.3) is 0 Å². The fourth-order valence-corrected chi connectivity index (χ4v) is 3.06. The number of hydrogen-bond acceptors (Lipinski definition) is 7. The van der Waals surface area contributed by atoms with Crippen LogP contribution in [0.1, 0.15) is 22.8 Å². The Bertz CT molecular complexity index is 885. The van der Waals surface area contributed by atoms with Gasteiger partial charge in [0.1, 0.15) is 11.3 Å². The van der Waals surface area contributed by atoms with Gasteiger partial charge in [0.05, 0.1) is 7.11 Å². The standard InChI is InChI=1S/C20H21NO6S/c1-12(27-20(23)15-6-5-14(28-3)9-17(15)24-2)19(22)21-10-13-4-7-16-18(8-13)26-11-25-16/h4-9,12H,10-11H2,1-3H3,(H,21,22)/t12-/m1/s1. The Morgan fingerprint density at radius 3 is 2.71 bits per heavy atom. The molecule has 0 saturated carbocycles. The lowest BCUT2D eigenvalue weighted by Crippen LogP contribution is -2.35. The van der Waals surface area contributed by atoms with Crippen molar-refractivity contribution in [3.8, 4) is 17.2 Å². The number of carbonyl (C=O) groups excluding carboxylic acids is 2. The zero-order valence-electron chi connectivity index (χ0n) is 15.8. The maximum atomic E-state index is 12.4. The molecule has 0 unspecified atom stereocenters. The quantitative estimate of drug-likeness (QED) is 0.562. The number of esters is 1. The van der Waals surface area contributed by atoms with Crippen LogP contribution in [-0.2, 0) is 16.1 Å². The first kappa shape index (κ1) is 19.9. The molecule has 0 aliphatic carbocycles. The van der Waals surface area contributed by atoms with E-state index in [1.807, 2.05) is 12.3 Å².